The second kappa shape index (κ2) is 10.3. The summed E-state index contributed by atoms with van der Waals surface area (Å²) in [6.07, 6.45) is -1.32. The number of esters is 1. The van der Waals surface area contributed by atoms with Gasteiger partial charge in [0.05, 0.1) is 0 Å². The standard InChI is InChI=1S/C22H27ClN2O5/c1-22(2,3)30-21(28)25-18(11-14-7-9-17(26)10-8-14)20(27)29-19(13-24)15-5-4-6-16(23)12-15/h4-10,12,18-19,26H,11,13,24H2,1-3H3,(H,25,28)/t18-,19-/m0/s1. The summed E-state index contributed by atoms with van der Waals surface area (Å²) < 4.78 is 10.9. The second-order valence-electron chi connectivity index (χ2n) is 7.79. The summed E-state index contributed by atoms with van der Waals surface area (Å²) in [6.45, 7) is 5.22. The highest BCUT2D eigenvalue weighted by atomic mass is 35.5. The first-order chi connectivity index (χ1) is 14.1. The summed E-state index contributed by atoms with van der Waals surface area (Å²) in [7, 11) is 0. The molecule has 30 heavy (non-hydrogen) atoms. The van der Waals surface area contributed by atoms with Crippen LogP contribution in [-0.2, 0) is 20.7 Å². The molecule has 8 heteroatoms. The lowest BCUT2D eigenvalue weighted by atomic mass is 10.1. The van der Waals surface area contributed by atoms with Crippen LogP contribution in [0.2, 0.25) is 5.02 Å². The van der Waals surface area contributed by atoms with E-state index in [2.05, 4.69) is 5.32 Å². The van der Waals surface area contributed by atoms with E-state index >= 15 is 0 Å². The van der Waals surface area contributed by atoms with E-state index in [0.29, 0.717) is 10.6 Å². The number of nitrogens with one attached hydrogen (secondary N) is 1. The van der Waals surface area contributed by atoms with Gasteiger partial charge in [0.25, 0.3) is 0 Å². The Hall–Kier alpha value is -2.77. The number of amides is 1. The minimum atomic E-state index is -1.02. The zero-order valence-corrected chi connectivity index (χ0v) is 18.0. The summed E-state index contributed by atoms with van der Waals surface area (Å²) >= 11 is 6.02. The summed E-state index contributed by atoms with van der Waals surface area (Å²) in [5.41, 5.74) is 6.44. The third-order valence-electron chi connectivity index (χ3n) is 4.04. The Bertz CT molecular complexity index is 865. The molecule has 0 aromatic heterocycles. The van der Waals surface area contributed by atoms with Crippen molar-refractivity contribution in [2.45, 2.75) is 44.9 Å². The molecule has 0 aliphatic rings. The lowest BCUT2D eigenvalue weighted by molar-refractivity contribution is -0.151. The first kappa shape index (κ1) is 23.5. The summed E-state index contributed by atoms with van der Waals surface area (Å²) in [4.78, 5) is 25.2. The van der Waals surface area contributed by atoms with Crippen molar-refractivity contribution in [3.63, 3.8) is 0 Å². The Morgan fingerprint density at radius 2 is 1.83 bits per heavy atom. The number of benzene rings is 2. The molecular weight excluding hydrogens is 408 g/mol. The maximum Gasteiger partial charge on any atom is 0.408 e. The number of hydrogen-bond donors (Lipinski definition) is 3. The van der Waals surface area contributed by atoms with Gasteiger partial charge in [0.2, 0.25) is 0 Å². The minimum Gasteiger partial charge on any atom is -0.508 e. The van der Waals surface area contributed by atoms with Crippen molar-refractivity contribution in [3.05, 3.63) is 64.7 Å². The normalized spacial score (nSPS) is 13.2. The van der Waals surface area contributed by atoms with Crippen LogP contribution in [0.4, 0.5) is 4.79 Å². The van der Waals surface area contributed by atoms with Crippen LogP contribution >= 0.6 is 11.6 Å². The fraction of sp³-hybridized carbons (Fsp3) is 0.364. The Morgan fingerprint density at radius 1 is 1.17 bits per heavy atom. The van der Waals surface area contributed by atoms with Crippen LogP contribution in [0.15, 0.2) is 48.5 Å². The van der Waals surface area contributed by atoms with Gasteiger partial charge in [-0.3, -0.25) is 0 Å². The maximum atomic E-state index is 12.9. The highest BCUT2D eigenvalue weighted by Crippen LogP contribution is 2.21. The molecule has 0 bridgehead atoms. The van der Waals surface area contributed by atoms with Crippen molar-refractivity contribution >= 4 is 23.7 Å². The average Bonchev–Trinajstić information content (AvgIpc) is 2.65. The Labute approximate surface area is 181 Å². The van der Waals surface area contributed by atoms with E-state index < -0.39 is 29.8 Å². The number of hydrogen-bond acceptors (Lipinski definition) is 6. The zero-order valence-electron chi connectivity index (χ0n) is 17.2. The first-order valence-corrected chi connectivity index (χ1v) is 9.88. The fourth-order valence-corrected chi connectivity index (χ4v) is 2.89. The Kier molecular flexibility index (Phi) is 8.08. The number of halogens is 1. The quantitative estimate of drug-likeness (QED) is 0.572. The molecule has 2 rings (SSSR count). The Morgan fingerprint density at radius 3 is 2.40 bits per heavy atom. The molecule has 0 radical (unpaired) electrons. The third kappa shape index (κ3) is 7.57. The molecule has 4 N–H and O–H groups in total. The Balaban J connectivity index is 2.19. The minimum absolute atomic E-state index is 0.0461. The molecule has 0 saturated carbocycles. The van der Waals surface area contributed by atoms with Crippen molar-refractivity contribution in [3.8, 4) is 5.75 Å². The van der Waals surface area contributed by atoms with Crippen molar-refractivity contribution in [1.82, 2.24) is 5.32 Å². The zero-order chi connectivity index (χ0) is 22.3. The molecule has 2 atom stereocenters. The molecular formula is C22H27ClN2O5. The number of rotatable bonds is 7. The SMILES string of the molecule is CC(C)(C)OC(=O)N[C@@H](Cc1ccc(O)cc1)C(=O)O[C@@H](CN)c1cccc(Cl)c1. The first-order valence-electron chi connectivity index (χ1n) is 9.51. The van der Waals surface area contributed by atoms with Gasteiger partial charge in [0.15, 0.2) is 0 Å². The highest BCUT2D eigenvalue weighted by Gasteiger charge is 2.28. The van der Waals surface area contributed by atoms with Crippen LogP contribution in [0.1, 0.15) is 38.0 Å². The molecule has 162 valence electrons. The molecule has 0 spiro atoms. The number of phenols is 1. The number of phenolic OH excluding ortho intramolecular Hbond substituents is 1. The largest absolute Gasteiger partial charge is 0.508 e. The van der Waals surface area contributed by atoms with Crippen molar-refractivity contribution in [2.24, 2.45) is 5.73 Å². The number of aromatic hydroxyl groups is 1. The van der Waals surface area contributed by atoms with E-state index in [1.54, 1.807) is 57.2 Å². The highest BCUT2D eigenvalue weighted by molar-refractivity contribution is 6.30. The maximum absolute atomic E-state index is 12.9. The van der Waals surface area contributed by atoms with Crippen molar-refractivity contribution in [2.75, 3.05) is 6.54 Å². The number of carbonyl (C=O) groups excluding carboxylic acids is 2. The van der Waals surface area contributed by atoms with Gasteiger partial charge in [0.1, 0.15) is 23.5 Å². The number of carbonyl (C=O) groups is 2. The van der Waals surface area contributed by atoms with Gasteiger partial charge in [-0.05, 0) is 56.2 Å². The molecule has 0 heterocycles. The van der Waals surface area contributed by atoms with E-state index in [-0.39, 0.29) is 18.7 Å². The molecule has 2 aromatic rings. The van der Waals surface area contributed by atoms with Gasteiger partial charge in [-0.15, -0.1) is 0 Å². The lowest BCUT2D eigenvalue weighted by Crippen LogP contribution is -2.46. The smallest absolute Gasteiger partial charge is 0.408 e. The van der Waals surface area contributed by atoms with E-state index in [9.17, 15) is 14.7 Å². The predicted molar refractivity (Wildman–Crippen MR) is 114 cm³/mol. The molecule has 0 aliphatic carbocycles. The van der Waals surface area contributed by atoms with Crippen molar-refractivity contribution in [1.29, 1.82) is 0 Å². The second-order valence-corrected chi connectivity index (χ2v) is 8.22. The van der Waals surface area contributed by atoms with Gasteiger partial charge in [-0.25, -0.2) is 9.59 Å². The number of nitrogens with two attached hydrogens (primary N) is 1. The van der Waals surface area contributed by atoms with Crippen LogP contribution in [-0.4, -0.2) is 35.4 Å². The van der Waals surface area contributed by atoms with E-state index in [4.69, 9.17) is 26.8 Å². The van der Waals surface area contributed by atoms with Gasteiger partial charge in [0, 0.05) is 18.0 Å². The van der Waals surface area contributed by atoms with Crippen LogP contribution < -0.4 is 11.1 Å². The summed E-state index contributed by atoms with van der Waals surface area (Å²) in [5.74, 6) is -0.563. The lowest BCUT2D eigenvalue weighted by Gasteiger charge is -2.25. The average molecular weight is 435 g/mol. The van der Waals surface area contributed by atoms with Gasteiger partial charge in [-0.1, -0.05) is 35.9 Å². The number of ether oxygens (including phenoxy) is 2. The molecule has 0 unspecified atom stereocenters. The van der Waals surface area contributed by atoms with Crippen LogP contribution in [0, 0.1) is 0 Å². The molecule has 0 fully saturated rings. The van der Waals surface area contributed by atoms with E-state index in [1.165, 1.54) is 12.1 Å². The van der Waals surface area contributed by atoms with Crippen LogP contribution in [0.25, 0.3) is 0 Å². The fourth-order valence-electron chi connectivity index (χ4n) is 2.69. The molecule has 2 aromatic carbocycles. The van der Waals surface area contributed by atoms with Gasteiger partial charge >= 0.3 is 12.1 Å². The monoisotopic (exact) mass is 434 g/mol. The molecule has 0 aliphatic heterocycles. The topological polar surface area (TPSA) is 111 Å². The van der Waals surface area contributed by atoms with Gasteiger partial charge in [-0.2, -0.15) is 0 Å². The van der Waals surface area contributed by atoms with Crippen LogP contribution in [0.3, 0.4) is 0 Å². The van der Waals surface area contributed by atoms with Crippen molar-refractivity contribution < 1.29 is 24.2 Å². The molecule has 1 amide bonds. The summed E-state index contributed by atoms with van der Waals surface area (Å²) in [6, 6.07) is 12.2. The third-order valence-corrected chi connectivity index (χ3v) is 4.28. The summed E-state index contributed by atoms with van der Waals surface area (Å²) in [5, 5.41) is 12.5. The van der Waals surface area contributed by atoms with Gasteiger partial charge < -0.3 is 25.6 Å². The van der Waals surface area contributed by atoms with E-state index in [1.807, 2.05) is 0 Å². The number of alkyl carbamates (subject to hydrolysis) is 1. The van der Waals surface area contributed by atoms with Crippen LogP contribution in [0.5, 0.6) is 5.75 Å². The predicted octanol–water partition coefficient (Wildman–Crippen LogP) is 3.72. The van der Waals surface area contributed by atoms with E-state index in [0.717, 1.165) is 5.56 Å². The molecule has 7 nitrogen and oxygen atoms in total. The molecule has 0 saturated heterocycles.